The van der Waals surface area contributed by atoms with Crippen molar-refractivity contribution < 1.29 is 4.84 Å². The molecule has 0 saturated carbocycles. The monoisotopic (exact) mass is 193 g/mol. The van der Waals surface area contributed by atoms with Crippen molar-refractivity contribution in [2.45, 2.75) is 0 Å². The van der Waals surface area contributed by atoms with Crippen molar-refractivity contribution in [1.29, 1.82) is 0 Å². The average molecular weight is 193 g/mol. The van der Waals surface area contributed by atoms with E-state index < -0.39 is 0 Å². The fourth-order valence-electron chi connectivity index (χ4n) is 1.28. The summed E-state index contributed by atoms with van der Waals surface area (Å²) < 4.78 is 0. The van der Waals surface area contributed by atoms with E-state index in [4.69, 9.17) is 4.84 Å². The van der Waals surface area contributed by atoms with Crippen LogP contribution in [0, 0.1) is 0 Å². The van der Waals surface area contributed by atoms with Gasteiger partial charge in [-0.3, -0.25) is 0 Å². The summed E-state index contributed by atoms with van der Waals surface area (Å²) in [5, 5.41) is 7.81. The molecular formula is C8H11N5O. The Balaban J connectivity index is 2.70. The summed E-state index contributed by atoms with van der Waals surface area (Å²) in [7, 11) is 5.42. The average Bonchev–Trinajstić information content (AvgIpc) is 2.59. The Bertz CT molecular complexity index is 450. The van der Waals surface area contributed by atoms with E-state index in [2.05, 4.69) is 15.3 Å². The van der Waals surface area contributed by atoms with Gasteiger partial charge in [0.25, 0.3) is 0 Å². The lowest BCUT2D eigenvalue weighted by atomic mass is 10.3. The third-order valence-corrected chi connectivity index (χ3v) is 1.95. The number of fused-ring (bicyclic) bond motifs is 1. The number of hydrogen-bond donors (Lipinski definition) is 0. The van der Waals surface area contributed by atoms with Gasteiger partial charge in [0.1, 0.15) is 7.11 Å². The number of anilines is 1. The minimum absolute atomic E-state index is 0.624. The number of rotatable bonds is 2. The van der Waals surface area contributed by atoms with Crippen LogP contribution in [0.4, 0.5) is 5.69 Å². The van der Waals surface area contributed by atoms with Gasteiger partial charge in [0.15, 0.2) is 5.52 Å². The molecule has 14 heavy (non-hydrogen) atoms. The third kappa shape index (κ3) is 1.15. The van der Waals surface area contributed by atoms with Crippen LogP contribution in [0.25, 0.3) is 11.2 Å². The summed E-state index contributed by atoms with van der Waals surface area (Å²) in [5.41, 5.74) is 2.33. The summed E-state index contributed by atoms with van der Waals surface area (Å²) in [6.45, 7) is 0. The Morgan fingerprint density at radius 1 is 1.43 bits per heavy atom. The van der Waals surface area contributed by atoms with Crippen LogP contribution in [0.15, 0.2) is 12.3 Å². The first-order valence-electron chi connectivity index (χ1n) is 4.16. The molecule has 2 heterocycles. The molecule has 0 N–H and O–H groups in total. The zero-order chi connectivity index (χ0) is 10.1. The van der Waals surface area contributed by atoms with E-state index in [-0.39, 0.29) is 0 Å². The van der Waals surface area contributed by atoms with E-state index in [9.17, 15) is 0 Å². The minimum Gasteiger partial charge on any atom is -0.397 e. The highest BCUT2D eigenvalue weighted by Crippen LogP contribution is 2.19. The molecule has 0 bridgehead atoms. The third-order valence-electron chi connectivity index (χ3n) is 1.95. The molecule has 2 rings (SSSR count). The molecule has 0 aromatic carbocycles. The zero-order valence-corrected chi connectivity index (χ0v) is 8.30. The van der Waals surface area contributed by atoms with Crippen molar-refractivity contribution in [2.75, 3.05) is 26.1 Å². The molecule has 0 radical (unpaired) electrons. The number of hydrogen-bond acceptors (Lipinski definition) is 5. The van der Waals surface area contributed by atoms with Gasteiger partial charge in [0, 0.05) is 20.3 Å². The molecule has 0 aliphatic rings. The maximum atomic E-state index is 4.96. The highest BCUT2D eigenvalue weighted by molar-refractivity contribution is 5.84. The molecule has 0 aliphatic carbocycles. The van der Waals surface area contributed by atoms with E-state index in [0.29, 0.717) is 5.65 Å². The van der Waals surface area contributed by atoms with Gasteiger partial charge in [-0.25, -0.2) is 4.98 Å². The highest BCUT2D eigenvalue weighted by Gasteiger charge is 2.10. The van der Waals surface area contributed by atoms with E-state index in [1.807, 2.05) is 25.1 Å². The second-order valence-corrected chi connectivity index (χ2v) is 3.04. The first-order chi connectivity index (χ1) is 6.74. The number of nitrogens with zero attached hydrogens (tertiary/aromatic N) is 5. The van der Waals surface area contributed by atoms with Crippen LogP contribution in [0.1, 0.15) is 0 Å². The molecule has 0 saturated heterocycles. The molecule has 0 amide bonds. The van der Waals surface area contributed by atoms with E-state index in [1.165, 1.54) is 12.0 Å². The summed E-state index contributed by atoms with van der Waals surface area (Å²) >= 11 is 0. The first kappa shape index (κ1) is 8.74. The van der Waals surface area contributed by atoms with Gasteiger partial charge in [-0.1, -0.05) is 4.85 Å². The fraction of sp³-hybridized carbons (Fsp3) is 0.375. The van der Waals surface area contributed by atoms with Crippen molar-refractivity contribution in [3.63, 3.8) is 0 Å². The van der Waals surface area contributed by atoms with Gasteiger partial charge >= 0.3 is 0 Å². The molecule has 74 valence electrons. The van der Waals surface area contributed by atoms with E-state index in [1.54, 1.807) is 6.20 Å². The van der Waals surface area contributed by atoms with Gasteiger partial charge in [0.2, 0.25) is 5.65 Å². The molecule has 6 nitrogen and oxygen atoms in total. The normalized spacial score (nSPS) is 10.5. The molecule has 2 aromatic rings. The lowest BCUT2D eigenvalue weighted by molar-refractivity contribution is 0.138. The molecule has 0 atom stereocenters. The molecule has 0 unspecified atom stereocenters. The van der Waals surface area contributed by atoms with Crippen molar-refractivity contribution in [3.8, 4) is 0 Å². The van der Waals surface area contributed by atoms with Crippen LogP contribution >= 0.6 is 0 Å². The predicted molar refractivity (Wildman–Crippen MR) is 52.2 cm³/mol. The summed E-state index contributed by atoms with van der Waals surface area (Å²) in [4.78, 5) is 12.4. The van der Waals surface area contributed by atoms with Crippen molar-refractivity contribution in [3.05, 3.63) is 12.3 Å². The van der Waals surface area contributed by atoms with Crippen LogP contribution in [-0.2, 0) is 0 Å². The highest BCUT2D eigenvalue weighted by atomic mass is 16.7. The number of pyridine rings is 1. The second-order valence-electron chi connectivity index (χ2n) is 3.04. The second kappa shape index (κ2) is 3.13. The van der Waals surface area contributed by atoms with E-state index >= 15 is 0 Å². The lowest BCUT2D eigenvalue weighted by Gasteiger charge is -2.11. The fourth-order valence-corrected chi connectivity index (χ4v) is 1.28. The molecule has 0 spiro atoms. The Kier molecular flexibility index (Phi) is 1.95. The smallest absolute Gasteiger partial charge is 0.221 e. The predicted octanol–water partition coefficient (Wildman–Crippen LogP) is -0.0493. The largest absolute Gasteiger partial charge is 0.397 e. The van der Waals surface area contributed by atoms with Crippen LogP contribution in [-0.4, -0.2) is 41.3 Å². The maximum Gasteiger partial charge on any atom is 0.221 e. The maximum absolute atomic E-state index is 4.96. The molecular weight excluding hydrogens is 182 g/mol. The van der Waals surface area contributed by atoms with Crippen LogP contribution < -0.4 is 9.74 Å². The van der Waals surface area contributed by atoms with Gasteiger partial charge in [-0.05, 0) is 11.3 Å². The van der Waals surface area contributed by atoms with Crippen LogP contribution in [0.3, 0.4) is 0 Å². The van der Waals surface area contributed by atoms with Gasteiger partial charge < -0.3 is 9.74 Å². The summed E-state index contributed by atoms with van der Waals surface area (Å²) in [5.74, 6) is 0. The Morgan fingerprint density at radius 3 is 2.86 bits per heavy atom. The van der Waals surface area contributed by atoms with Gasteiger partial charge in [-0.2, -0.15) is 0 Å². The summed E-state index contributed by atoms with van der Waals surface area (Å²) in [6, 6.07) is 1.89. The zero-order valence-electron chi connectivity index (χ0n) is 8.30. The Labute approximate surface area is 81.1 Å². The standard InChI is InChI=1S/C8H11N5O/c1-12(2)6-4-5-9-8-7(6)10-11-13(8)14-3/h4-5H,1-3H3. The van der Waals surface area contributed by atoms with E-state index in [0.717, 1.165) is 11.2 Å². The number of aromatic nitrogens is 4. The quantitative estimate of drug-likeness (QED) is 0.669. The molecule has 0 aliphatic heterocycles. The minimum atomic E-state index is 0.624. The van der Waals surface area contributed by atoms with Gasteiger partial charge in [0.05, 0.1) is 5.69 Å². The van der Waals surface area contributed by atoms with Gasteiger partial charge in [-0.15, -0.1) is 5.10 Å². The van der Waals surface area contributed by atoms with Crippen LogP contribution in [0.2, 0.25) is 0 Å². The molecule has 0 fully saturated rings. The SMILES string of the molecule is COn1nnc2c(N(C)C)ccnc21. The van der Waals surface area contributed by atoms with Crippen molar-refractivity contribution in [1.82, 2.24) is 20.1 Å². The van der Waals surface area contributed by atoms with Crippen LogP contribution in [0.5, 0.6) is 0 Å². The topological polar surface area (TPSA) is 56.1 Å². The van der Waals surface area contributed by atoms with Crippen molar-refractivity contribution in [2.24, 2.45) is 0 Å². The summed E-state index contributed by atoms with van der Waals surface area (Å²) in [6.07, 6.45) is 1.70. The lowest BCUT2D eigenvalue weighted by Crippen LogP contribution is -2.10. The Morgan fingerprint density at radius 2 is 2.21 bits per heavy atom. The Hall–Kier alpha value is -1.85. The molecule has 6 heteroatoms. The molecule has 2 aromatic heterocycles. The van der Waals surface area contributed by atoms with Crippen molar-refractivity contribution >= 4 is 16.9 Å². The first-order valence-corrected chi connectivity index (χ1v) is 4.16.